The van der Waals surface area contributed by atoms with Gasteiger partial charge in [-0.15, -0.1) is 0 Å². The summed E-state index contributed by atoms with van der Waals surface area (Å²) in [4.78, 5) is 2.25. The molecule has 0 nitrogen and oxygen atoms in total. The van der Waals surface area contributed by atoms with Crippen molar-refractivity contribution < 1.29 is 0 Å². The van der Waals surface area contributed by atoms with Crippen LogP contribution in [0.1, 0.15) is 0 Å². The molecule has 2 rings (SSSR count). The van der Waals surface area contributed by atoms with E-state index in [1.54, 1.807) is 11.8 Å². The monoisotopic (exact) mass is 332 g/mol. The molecule has 0 spiro atoms. The van der Waals surface area contributed by atoms with E-state index in [1.165, 1.54) is 4.90 Å². The van der Waals surface area contributed by atoms with E-state index < -0.39 is 0 Å². The summed E-state index contributed by atoms with van der Waals surface area (Å²) in [6.07, 6.45) is 0. The van der Waals surface area contributed by atoms with Crippen LogP contribution in [0.4, 0.5) is 0 Å². The predicted octanol–water partition coefficient (Wildman–Crippen LogP) is 5.91. The van der Waals surface area contributed by atoms with Crippen LogP contribution in [0.3, 0.4) is 0 Å². The third-order valence-corrected chi connectivity index (χ3v) is 4.21. The van der Waals surface area contributed by atoms with Crippen molar-refractivity contribution in [2.45, 2.75) is 9.79 Å². The normalized spacial score (nSPS) is 10.4. The third-order valence-electron chi connectivity index (χ3n) is 1.94. The molecule has 0 bridgehead atoms. The van der Waals surface area contributed by atoms with Gasteiger partial charge in [0.2, 0.25) is 0 Å². The molecule has 82 valence electrons. The number of rotatable bonds is 2. The first-order valence-electron chi connectivity index (χ1n) is 4.53. The smallest absolute Gasteiger partial charge is 0.0603 e. The average molecular weight is 334 g/mol. The Balaban J connectivity index is 2.20. The van der Waals surface area contributed by atoms with E-state index in [1.807, 2.05) is 30.3 Å². The van der Waals surface area contributed by atoms with Crippen LogP contribution in [0, 0.1) is 0 Å². The van der Waals surface area contributed by atoms with Crippen LogP contribution in [0.2, 0.25) is 10.0 Å². The Morgan fingerprint density at radius 1 is 0.812 bits per heavy atom. The number of hydrogen-bond acceptors (Lipinski definition) is 1. The lowest BCUT2D eigenvalue weighted by Gasteiger charge is -2.03. The van der Waals surface area contributed by atoms with Crippen molar-refractivity contribution in [3.05, 3.63) is 57.0 Å². The molecule has 0 aliphatic carbocycles. The first-order chi connectivity index (χ1) is 7.65. The minimum Gasteiger partial charge on any atom is -0.0900 e. The standard InChI is InChI=1S/C12H7BrCl2S/c13-8-1-3-9(4-2-8)16-10-5-6-11(14)12(15)7-10/h1-7H. The van der Waals surface area contributed by atoms with Gasteiger partial charge < -0.3 is 0 Å². The van der Waals surface area contributed by atoms with Gasteiger partial charge in [0.05, 0.1) is 10.0 Å². The molecule has 2 aromatic carbocycles. The van der Waals surface area contributed by atoms with E-state index in [2.05, 4.69) is 28.1 Å². The summed E-state index contributed by atoms with van der Waals surface area (Å²) in [5, 5.41) is 1.17. The largest absolute Gasteiger partial charge is 0.0900 e. The number of hydrogen-bond donors (Lipinski definition) is 0. The second-order valence-electron chi connectivity index (χ2n) is 3.13. The van der Waals surface area contributed by atoms with Gasteiger partial charge >= 0.3 is 0 Å². The van der Waals surface area contributed by atoms with Gasteiger partial charge in [0, 0.05) is 14.3 Å². The highest BCUT2D eigenvalue weighted by atomic mass is 79.9. The van der Waals surface area contributed by atoms with E-state index in [0.29, 0.717) is 10.0 Å². The van der Waals surface area contributed by atoms with Gasteiger partial charge in [-0.25, -0.2) is 0 Å². The fourth-order valence-electron chi connectivity index (χ4n) is 1.18. The summed E-state index contributed by atoms with van der Waals surface area (Å²) < 4.78 is 1.07. The van der Waals surface area contributed by atoms with Gasteiger partial charge in [-0.2, -0.15) is 0 Å². The van der Waals surface area contributed by atoms with E-state index >= 15 is 0 Å². The van der Waals surface area contributed by atoms with Crippen LogP contribution >= 0.6 is 50.9 Å². The van der Waals surface area contributed by atoms with E-state index in [4.69, 9.17) is 23.2 Å². The van der Waals surface area contributed by atoms with E-state index in [9.17, 15) is 0 Å². The quantitative estimate of drug-likeness (QED) is 0.658. The highest BCUT2D eigenvalue weighted by molar-refractivity contribution is 9.10. The first kappa shape index (κ1) is 12.3. The zero-order chi connectivity index (χ0) is 11.5. The summed E-state index contributed by atoms with van der Waals surface area (Å²) in [5.41, 5.74) is 0. The molecule has 16 heavy (non-hydrogen) atoms. The van der Waals surface area contributed by atoms with Crippen molar-refractivity contribution >= 4 is 50.9 Å². The lowest BCUT2D eigenvalue weighted by atomic mass is 10.4. The Hall–Kier alpha value is -0.150. The highest BCUT2D eigenvalue weighted by Gasteiger charge is 2.01. The Morgan fingerprint density at radius 2 is 1.44 bits per heavy atom. The Morgan fingerprint density at radius 3 is 2.06 bits per heavy atom. The van der Waals surface area contributed by atoms with Crippen LogP contribution < -0.4 is 0 Å². The highest BCUT2D eigenvalue weighted by Crippen LogP contribution is 2.32. The molecule has 0 amide bonds. The number of halogens is 3. The molecular weight excluding hydrogens is 327 g/mol. The summed E-state index contributed by atoms with van der Waals surface area (Å²) in [6.45, 7) is 0. The lowest BCUT2D eigenvalue weighted by Crippen LogP contribution is -1.75. The van der Waals surface area contributed by atoms with E-state index in [0.717, 1.165) is 9.37 Å². The molecule has 0 atom stereocenters. The maximum absolute atomic E-state index is 5.95. The van der Waals surface area contributed by atoms with Crippen LogP contribution in [-0.4, -0.2) is 0 Å². The van der Waals surface area contributed by atoms with Gasteiger partial charge in [0.25, 0.3) is 0 Å². The van der Waals surface area contributed by atoms with Crippen molar-refractivity contribution in [1.82, 2.24) is 0 Å². The summed E-state index contributed by atoms with van der Waals surface area (Å²) in [6, 6.07) is 13.8. The molecule has 0 saturated heterocycles. The van der Waals surface area contributed by atoms with Crippen molar-refractivity contribution in [3.8, 4) is 0 Å². The van der Waals surface area contributed by atoms with Crippen LogP contribution in [0.5, 0.6) is 0 Å². The Bertz CT molecular complexity index is 497. The second kappa shape index (κ2) is 5.46. The molecular formula is C12H7BrCl2S. The fourth-order valence-corrected chi connectivity index (χ4v) is 2.66. The maximum Gasteiger partial charge on any atom is 0.0603 e. The molecule has 0 unspecified atom stereocenters. The Labute approximate surface area is 117 Å². The maximum atomic E-state index is 5.95. The number of benzene rings is 2. The van der Waals surface area contributed by atoms with Crippen molar-refractivity contribution in [2.24, 2.45) is 0 Å². The van der Waals surface area contributed by atoms with E-state index in [-0.39, 0.29) is 0 Å². The van der Waals surface area contributed by atoms with Gasteiger partial charge in [0.15, 0.2) is 0 Å². The van der Waals surface area contributed by atoms with Crippen LogP contribution in [0.25, 0.3) is 0 Å². The molecule has 0 aliphatic rings. The molecule has 0 aromatic heterocycles. The van der Waals surface area contributed by atoms with Gasteiger partial charge in [-0.3, -0.25) is 0 Å². The zero-order valence-electron chi connectivity index (χ0n) is 8.08. The molecule has 0 N–H and O–H groups in total. The lowest BCUT2D eigenvalue weighted by molar-refractivity contribution is 1.40. The van der Waals surface area contributed by atoms with Crippen LogP contribution in [-0.2, 0) is 0 Å². The first-order valence-corrected chi connectivity index (χ1v) is 6.90. The molecule has 0 heterocycles. The summed E-state index contributed by atoms with van der Waals surface area (Å²) in [7, 11) is 0. The summed E-state index contributed by atoms with van der Waals surface area (Å²) >= 11 is 16.9. The molecule has 0 fully saturated rings. The van der Waals surface area contributed by atoms with Crippen molar-refractivity contribution in [3.63, 3.8) is 0 Å². The van der Waals surface area contributed by atoms with Crippen molar-refractivity contribution in [1.29, 1.82) is 0 Å². The molecule has 0 radical (unpaired) electrons. The van der Waals surface area contributed by atoms with Crippen molar-refractivity contribution in [2.75, 3.05) is 0 Å². The SMILES string of the molecule is Clc1ccc(Sc2ccc(Br)cc2)cc1Cl. The van der Waals surface area contributed by atoms with Gasteiger partial charge in [0.1, 0.15) is 0 Å². The third kappa shape index (κ3) is 3.17. The molecule has 2 aromatic rings. The fraction of sp³-hybridized carbons (Fsp3) is 0. The molecule has 0 saturated carbocycles. The molecule has 0 aliphatic heterocycles. The van der Waals surface area contributed by atoms with Gasteiger partial charge in [-0.1, -0.05) is 50.9 Å². The Kier molecular flexibility index (Phi) is 4.20. The van der Waals surface area contributed by atoms with Crippen LogP contribution in [0.15, 0.2) is 56.7 Å². The summed E-state index contributed by atoms with van der Waals surface area (Å²) in [5.74, 6) is 0. The zero-order valence-corrected chi connectivity index (χ0v) is 12.0. The minimum atomic E-state index is 0.585. The van der Waals surface area contributed by atoms with Gasteiger partial charge in [-0.05, 0) is 42.5 Å². The topological polar surface area (TPSA) is 0 Å². The minimum absolute atomic E-state index is 0.585. The predicted molar refractivity (Wildman–Crippen MR) is 74.7 cm³/mol. The second-order valence-corrected chi connectivity index (χ2v) is 6.01. The molecule has 4 heteroatoms. The average Bonchev–Trinajstić information content (AvgIpc) is 2.27.